The molecule has 1 fully saturated rings. The van der Waals surface area contributed by atoms with E-state index in [0.717, 1.165) is 25.1 Å². The molecule has 1 aromatic rings. The number of benzene rings is 1. The van der Waals surface area contributed by atoms with Crippen molar-refractivity contribution in [2.75, 3.05) is 13.1 Å². The van der Waals surface area contributed by atoms with Gasteiger partial charge in [0.1, 0.15) is 0 Å². The van der Waals surface area contributed by atoms with Gasteiger partial charge in [-0.2, -0.15) is 0 Å². The van der Waals surface area contributed by atoms with Gasteiger partial charge in [-0.25, -0.2) is 0 Å². The van der Waals surface area contributed by atoms with Crippen LogP contribution in [0.4, 0.5) is 0 Å². The fourth-order valence-corrected chi connectivity index (χ4v) is 2.65. The lowest BCUT2D eigenvalue weighted by Gasteiger charge is -2.17. The number of hydrogen-bond donors (Lipinski definition) is 2. The summed E-state index contributed by atoms with van der Waals surface area (Å²) in [4.78, 5) is 11.9. The Balaban J connectivity index is 0.00000180. The zero-order chi connectivity index (χ0) is 13.0. The SMILES string of the molecule is CC(NC(=O)CC1CCNC1)c1ccccc1Cl.Cl. The van der Waals surface area contributed by atoms with Crippen LogP contribution in [0.25, 0.3) is 0 Å². The highest BCUT2D eigenvalue weighted by Crippen LogP contribution is 2.22. The Kier molecular flexibility index (Phi) is 6.63. The van der Waals surface area contributed by atoms with Crippen molar-refractivity contribution in [3.05, 3.63) is 34.9 Å². The van der Waals surface area contributed by atoms with Gasteiger partial charge in [0.2, 0.25) is 5.91 Å². The third-order valence-corrected chi connectivity index (χ3v) is 3.73. The van der Waals surface area contributed by atoms with Gasteiger partial charge in [0, 0.05) is 11.4 Å². The van der Waals surface area contributed by atoms with Crippen molar-refractivity contribution in [1.29, 1.82) is 0 Å². The average Bonchev–Trinajstić information content (AvgIpc) is 2.82. The predicted octanol–water partition coefficient (Wildman–Crippen LogP) is 2.94. The van der Waals surface area contributed by atoms with Crippen molar-refractivity contribution < 1.29 is 4.79 Å². The van der Waals surface area contributed by atoms with E-state index in [1.165, 1.54) is 0 Å². The minimum absolute atomic E-state index is 0. The molecule has 5 heteroatoms. The molecule has 3 nitrogen and oxygen atoms in total. The summed E-state index contributed by atoms with van der Waals surface area (Å²) in [6, 6.07) is 7.58. The summed E-state index contributed by atoms with van der Waals surface area (Å²) >= 11 is 6.11. The van der Waals surface area contributed by atoms with E-state index in [9.17, 15) is 4.79 Å². The van der Waals surface area contributed by atoms with E-state index in [0.29, 0.717) is 17.4 Å². The van der Waals surface area contributed by atoms with Gasteiger partial charge in [-0.15, -0.1) is 12.4 Å². The summed E-state index contributed by atoms with van der Waals surface area (Å²) in [6.07, 6.45) is 1.69. The van der Waals surface area contributed by atoms with E-state index in [4.69, 9.17) is 11.6 Å². The van der Waals surface area contributed by atoms with Crippen molar-refractivity contribution >= 4 is 29.9 Å². The van der Waals surface area contributed by atoms with Gasteiger partial charge in [0.25, 0.3) is 0 Å². The molecule has 2 N–H and O–H groups in total. The first kappa shape index (κ1) is 16.3. The molecule has 1 aliphatic heterocycles. The molecule has 2 unspecified atom stereocenters. The fraction of sp³-hybridized carbons (Fsp3) is 0.500. The second-order valence-corrected chi connectivity index (χ2v) is 5.28. The van der Waals surface area contributed by atoms with Crippen LogP contribution in [0.2, 0.25) is 5.02 Å². The van der Waals surface area contributed by atoms with E-state index >= 15 is 0 Å². The van der Waals surface area contributed by atoms with Crippen LogP contribution < -0.4 is 10.6 Å². The second-order valence-electron chi connectivity index (χ2n) is 4.87. The number of rotatable bonds is 4. The highest BCUT2D eigenvalue weighted by atomic mass is 35.5. The number of halogens is 2. The van der Waals surface area contributed by atoms with E-state index in [1.807, 2.05) is 31.2 Å². The van der Waals surface area contributed by atoms with Crippen molar-refractivity contribution in [2.24, 2.45) is 5.92 Å². The molecule has 2 rings (SSSR count). The number of amides is 1. The molecule has 0 bridgehead atoms. The highest BCUT2D eigenvalue weighted by Gasteiger charge is 2.19. The van der Waals surface area contributed by atoms with Gasteiger partial charge in [0.05, 0.1) is 6.04 Å². The normalized spacial score (nSPS) is 19.6. The molecule has 106 valence electrons. The van der Waals surface area contributed by atoms with E-state index in [1.54, 1.807) is 0 Å². The molecule has 0 spiro atoms. The van der Waals surface area contributed by atoms with Gasteiger partial charge in [-0.05, 0) is 44.0 Å². The highest BCUT2D eigenvalue weighted by molar-refractivity contribution is 6.31. The number of carbonyl (C=O) groups is 1. The van der Waals surface area contributed by atoms with Crippen molar-refractivity contribution in [3.63, 3.8) is 0 Å². The van der Waals surface area contributed by atoms with Gasteiger partial charge < -0.3 is 10.6 Å². The maximum absolute atomic E-state index is 11.9. The first-order valence-corrected chi connectivity index (χ1v) is 6.79. The zero-order valence-electron chi connectivity index (χ0n) is 11.0. The molecular formula is C14H20Cl2N2O. The summed E-state index contributed by atoms with van der Waals surface area (Å²) < 4.78 is 0. The predicted molar refractivity (Wildman–Crippen MR) is 80.9 cm³/mol. The molecule has 1 aromatic carbocycles. The van der Waals surface area contributed by atoms with Gasteiger partial charge in [-0.1, -0.05) is 29.8 Å². The number of hydrogen-bond acceptors (Lipinski definition) is 2. The van der Waals surface area contributed by atoms with E-state index < -0.39 is 0 Å². The van der Waals surface area contributed by atoms with Crippen LogP contribution in [0.3, 0.4) is 0 Å². The summed E-state index contributed by atoms with van der Waals surface area (Å²) in [5, 5.41) is 6.99. The maximum Gasteiger partial charge on any atom is 0.220 e. The molecule has 19 heavy (non-hydrogen) atoms. The minimum atomic E-state index is -0.0411. The third kappa shape index (κ3) is 4.68. The Morgan fingerprint density at radius 2 is 2.26 bits per heavy atom. The smallest absolute Gasteiger partial charge is 0.220 e. The van der Waals surface area contributed by atoms with Crippen LogP contribution in [0, 0.1) is 5.92 Å². The lowest BCUT2D eigenvalue weighted by atomic mass is 10.0. The first-order chi connectivity index (χ1) is 8.66. The monoisotopic (exact) mass is 302 g/mol. The van der Waals surface area contributed by atoms with Crippen molar-refractivity contribution in [3.8, 4) is 0 Å². The summed E-state index contributed by atoms with van der Waals surface area (Å²) in [5.41, 5.74) is 0.970. The summed E-state index contributed by atoms with van der Waals surface area (Å²) in [5.74, 6) is 0.583. The van der Waals surface area contributed by atoms with Crippen molar-refractivity contribution in [1.82, 2.24) is 10.6 Å². The van der Waals surface area contributed by atoms with Crippen LogP contribution in [0.15, 0.2) is 24.3 Å². The lowest BCUT2D eigenvalue weighted by molar-refractivity contribution is -0.122. The first-order valence-electron chi connectivity index (χ1n) is 6.41. The van der Waals surface area contributed by atoms with E-state index in [2.05, 4.69) is 10.6 Å². The van der Waals surface area contributed by atoms with Crippen LogP contribution in [0.1, 0.15) is 31.4 Å². The van der Waals surface area contributed by atoms with Crippen LogP contribution in [0.5, 0.6) is 0 Å². The topological polar surface area (TPSA) is 41.1 Å². The Bertz CT molecular complexity index is 420. The largest absolute Gasteiger partial charge is 0.350 e. The quantitative estimate of drug-likeness (QED) is 0.898. The molecule has 1 aliphatic rings. The Morgan fingerprint density at radius 1 is 1.53 bits per heavy atom. The fourth-order valence-electron chi connectivity index (χ4n) is 2.36. The third-order valence-electron chi connectivity index (χ3n) is 3.39. The number of nitrogens with one attached hydrogen (secondary N) is 2. The van der Waals surface area contributed by atoms with Crippen LogP contribution >= 0.6 is 24.0 Å². The summed E-state index contributed by atoms with van der Waals surface area (Å²) in [6.45, 7) is 3.94. The average molecular weight is 303 g/mol. The van der Waals surface area contributed by atoms with Gasteiger partial charge >= 0.3 is 0 Å². The molecule has 2 atom stereocenters. The Morgan fingerprint density at radius 3 is 2.89 bits per heavy atom. The zero-order valence-corrected chi connectivity index (χ0v) is 12.6. The maximum atomic E-state index is 11.9. The summed E-state index contributed by atoms with van der Waals surface area (Å²) in [7, 11) is 0. The second kappa shape index (κ2) is 7.73. The molecule has 1 heterocycles. The molecule has 0 aromatic heterocycles. The molecule has 1 amide bonds. The van der Waals surface area contributed by atoms with Crippen LogP contribution in [-0.4, -0.2) is 19.0 Å². The molecule has 1 saturated heterocycles. The Hall–Kier alpha value is -0.770. The lowest BCUT2D eigenvalue weighted by Crippen LogP contribution is -2.29. The molecule has 0 saturated carbocycles. The van der Waals surface area contributed by atoms with E-state index in [-0.39, 0.29) is 24.4 Å². The van der Waals surface area contributed by atoms with Crippen LogP contribution in [-0.2, 0) is 4.79 Å². The number of carbonyl (C=O) groups excluding carboxylic acids is 1. The molecular weight excluding hydrogens is 283 g/mol. The van der Waals surface area contributed by atoms with Gasteiger partial charge in [-0.3, -0.25) is 4.79 Å². The van der Waals surface area contributed by atoms with Gasteiger partial charge in [0.15, 0.2) is 0 Å². The Labute approximate surface area is 125 Å². The van der Waals surface area contributed by atoms with Crippen molar-refractivity contribution in [2.45, 2.75) is 25.8 Å². The minimum Gasteiger partial charge on any atom is -0.350 e. The molecule has 0 aliphatic carbocycles. The molecule has 0 radical (unpaired) electrons. The standard InChI is InChI=1S/C14H19ClN2O.ClH/c1-10(12-4-2-3-5-13(12)15)17-14(18)8-11-6-7-16-9-11;/h2-5,10-11,16H,6-9H2,1H3,(H,17,18);1H.